The van der Waals surface area contributed by atoms with Crippen LogP contribution in [-0.2, 0) is 19.2 Å². The van der Waals surface area contributed by atoms with Crippen molar-refractivity contribution in [3.8, 4) is 0 Å². The minimum atomic E-state index is -2.46. The Morgan fingerprint density at radius 1 is 1.27 bits per heavy atom. The highest BCUT2D eigenvalue weighted by atomic mass is 32.2. The van der Waals surface area contributed by atoms with E-state index in [1.54, 1.807) is 17.6 Å². The predicted molar refractivity (Wildman–Crippen MR) is 95.5 cm³/mol. The largest absolute Gasteiger partial charge is 0.364 e. The molecule has 132 valence electrons. The topological polar surface area (TPSA) is 58.6 Å². The van der Waals surface area contributed by atoms with Crippen LogP contribution in [-0.4, -0.2) is 57.9 Å². The van der Waals surface area contributed by atoms with Crippen molar-refractivity contribution in [3.63, 3.8) is 0 Å². The molecule has 3 unspecified atom stereocenters. The molecule has 0 aliphatic carbocycles. The zero-order valence-corrected chi connectivity index (χ0v) is 16.5. The minimum Gasteiger partial charge on any atom is -0.364 e. The molecule has 0 aromatic heterocycles. The summed E-state index contributed by atoms with van der Waals surface area (Å²) in [5, 5.41) is 2.63. The number of hydrogen-bond acceptors (Lipinski definition) is 3. The SMILES string of the molecule is C=S(C)(=O)N(CC(OC(C)C(C)(C)C)C(=O)NC)C(C)(C)C. The summed E-state index contributed by atoms with van der Waals surface area (Å²) in [4.78, 5) is 12.2. The molecule has 3 atom stereocenters. The van der Waals surface area contributed by atoms with E-state index >= 15 is 0 Å². The number of hydrogen-bond donors (Lipinski definition) is 1. The molecule has 5 nitrogen and oxygen atoms in total. The van der Waals surface area contributed by atoms with E-state index in [2.05, 4.69) is 32.0 Å². The third kappa shape index (κ3) is 6.67. The van der Waals surface area contributed by atoms with Crippen molar-refractivity contribution < 1.29 is 13.7 Å². The van der Waals surface area contributed by atoms with Crippen LogP contribution < -0.4 is 5.32 Å². The van der Waals surface area contributed by atoms with Gasteiger partial charge in [-0.25, -0.2) is 4.31 Å². The fraction of sp³-hybridized carbons (Fsp3) is 0.875. The van der Waals surface area contributed by atoms with E-state index in [0.717, 1.165) is 0 Å². The van der Waals surface area contributed by atoms with Gasteiger partial charge < -0.3 is 10.1 Å². The van der Waals surface area contributed by atoms with Crippen LogP contribution in [0.15, 0.2) is 0 Å². The first-order valence-electron chi connectivity index (χ1n) is 7.57. The zero-order valence-electron chi connectivity index (χ0n) is 15.6. The molecule has 6 heteroatoms. The van der Waals surface area contributed by atoms with Gasteiger partial charge in [0.05, 0.1) is 6.10 Å². The van der Waals surface area contributed by atoms with E-state index in [1.807, 2.05) is 27.7 Å². The average molecular weight is 335 g/mol. The van der Waals surface area contributed by atoms with Crippen molar-refractivity contribution in [2.45, 2.75) is 66.2 Å². The second kappa shape index (κ2) is 7.32. The fourth-order valence-electron chi connectivity index (χ4n) is 1.96. The zero-order chi connectivity index (χ0) is 17.9. The lowest BCUT2D eigenvalue weighted by Crippen LogP contribution is -2.53. The highest BCUT2D eigenvalue weighted by Crippen LogP contribution is 2.25. The van der Waals surface area contributed by atoms with Gasteiger partial charge in [0.15, 0.2) is 0 Å². The summed E-state index contributed by atoms with van der Waals surface area (Å²) in [5.74, 6) is 3.56. The van der Waals surface area contributed by atoms with E-state index in [9.17, 15) is 9.00 Å². The molecule has 0 saturated carbocycles. The maximum absolute atomic E-state index is 12.5. The summed E-state index contributed by atoms with van der Waals surface area (Å²) in [6, 6.07) is 0. The molecule has 22 heavy (non-hydrogen) atoms. The summed E-state index contributed by atoms with van der Waals surface area (Å²) in [5.41, 5.74) is -0.467. The van der Waals surface area contributed by atoms with Crippen LogP contribution >= 0.6 is 0 Å². The smallest absolute Gasteiger partial charge is 0.250 e. The Balaban J connectivity index is 5.42. The van der Waals surface area contributed by atoms with Crippen LogP contribution in [0, 0.1) is 5.41 Å². The summed E-state index contributed by atoms with van der Waals surface area (Å²) in [7, 11) is -0.879. The van der Waals surface area contributed by atoms with Crippen molar-refractivity contribution in [2.24, 2.45) is 5.41 Å². The second-order valence-electron chi connectivity index (χ2n) is 7.94. The number of ether oxygens (including phenoxy) is 1. The molecular weight excluding hydrogens is 300 g/mol. The lowest BCUT2D eigenvalue weighted by molar-refractivity contribution is -0.141. The monoisotopic (exact) mass is 334 g/mol. The van der Waals surface area contributed by atoms with Gasteiger partial charge in [-0.2, -0.15) is 0 Å². The molecule has 0 fully saturated rings. The lowest BCUT2D eigenvalue weighted by Gasteiger charge is -2.39. The molecule has 0 heterocycles. The van der Waals surface area contributed by atoms with Gasteiger partial charge in [0.2, 0.25) is 5.91 Å². The maximum atomic E-state index is 12.5. The first-order valence-corrected chi connectivity index (χ1v) is 9.67. The van der Waals surface area contributed by atoms with Crippen molar-refractivity contribution in [2.75, 3.05) is 19.8 Å². The highest BCUT2D eigenvalue weighted by molar-refractivity contribution is 7.97. The predicted octanol–water partition coefficient (Wildman–Crippen LogP) is 1.91. The van der Waals surface area contributed by atoms with E-state index in [-0.39, 0.29) is 29.5 Å². The van der Waals surface area contributed by atoms with Gasteiger partial charge in [-0.1, -0.05) is 20.8 Å². The first-order chi connectivity index (χ1) is 9.60. The van der Waals surface area contributed by atoms with Gasteiger partial charge in [0, 0.05) is 35.1 Å². The first kappa shape index (κ1) is 21.4. The summed E-state index contributed by atoms with van der Waals surface area (Å²) >= 11 is 0. The van der Waals surface area contributed by atoms with Crippen LogP contribution in [0.3, 0.4) is 0 Å². The van der Waals surface area contributed by atoms with Gasteiger partial charge in [0.1, 0.15) is 6.10 Å². The quantitative estimate of drug-likeness (QED) is 0.755. The van der Waals surface area contributed by atoms with Crippen LogP contribution in [0.2, 0.25) is 0 Å². The van der Waals surface area contributed by atoms with Crippen LogP contribution in [0.5, 0.6) is 0 Å². The summed E-state index contributed by atoms with van der Waals surface area (Å²) in [6.45, 7) is 14.2. The normalized spacial score (nSPS) is 18.6. The second-order valence-corrected chi connectivity index (χ2v) is 10.3. The Kier molecular flexibility index (Phi) is 7.12. The fourth-order valence-corrected chi connectivity index (χ4v) is 3.57. The molecule has 0 bridgehead atoms. The van der Waals surface area contributed by atoms with E-state index in [1.165, 1.54) is 0 Å². The van der Waals surface area contributed by atoms with E-state index in [4.69, 9.17) is 4.74 Å². The van der Waals surface area contributed by atoms with E-state index in [0.29, 0.717) is 0 Å². The van der Waals surface area contributed by atoms with Gasteiger partial charge >= 0.3 is 0 Å². The van der Waals surface area contributed by atoms with Gasteiger partial charge in [-0.3, -0.25) is 9.00 Å². The number of carbonyl (C=O) groups is 1. The number of nitrogens with zero attached hydrogens (tertiary/aromatic N) is 1. The van der Waals surface area contributed by atoms with Gasteiger partial charge in [-0.15, -0.1) is 0 Å². The van der Waals surface area contributed by atoms with Crippen LogP contribution in [0.25, 0.3) is 0 Å². The van der Waals surface area contributed by atoms with Crippen molar-refractivity contribution in [1.82, 2.24) is 9.62 Å². The Morgan fingerprint density at radius 2 is 1.73 bits per heavy atom. The Labute approximate surface area is 136 Å². The molecule has 0 aromatic rings. The summed E-state index contributed by atoms with van der Waals surface area (Å²) < 4.78 is 20.2. The highest BCUT2D eigenvalue weighted by Gasteiger charge is 2.34. The van der Waals surface area contributed by atoms with Gasteiger partial charge in [-0.05, 0) is 39.0 Å². The Bertz CT molecular complexity index is 473. The molecule has 0 aromatic carbocycles. The molecule has 0 rings (SSSR count). The number of rotatable bonds is 6. The number of amides is 1. The third-order valence-electron chi connectivity index (χ3n) is 3.67. The molecule has 0 saturated heterocycles. The molecule has 0 aliphatic heterocycles. The molecule has 0 spiro atoms. The maximum Gasteiger partial charge on any atom is 0.250 e. The number of likely N-dealkylation sites (N-methyl/N-ethyl adjacent to an activating group) is 1. The van der Waals surface area contributed by atoms with Crippen LogP contribution in [0.4, 0.5) is 0 Å². The summed E-state index contributed by atoms with van der Waals surface area (Å²) in [6.07, 6.45) is 0.780. The minimum absolute atomic E-state index is 0.0864. The molecule has 1 N–H and O–H groups in total. The van der Waals surface area contributed by atoms with Crippen molar-refractivity contribution >= 4 is 21.5 Å². The Morgan fingerprint density at radius 3 is 2.00 bits per heavy atom. The average Bonchev–Trinajstić information content (AvgIpc) is 2.28. The van der Waals surface area contributed by atoms with Gasteiger partial charge in [0.25, 0.3) is 0 Å². The third-order valence-corrected chi connectivity index (χ3v) is 5.30. The molecular formula is C16H34N2O3S. The standard InChI is InChI=1S/C16H34N2O3S/c1-12(15(2,3)4)21-13(14(19)17-8)11-18(16(5,6)7)22(9,10)20/h12-13H,9,11H2,1-8,10H3,(H,17,19). The van der Waals surface area contributed by atoms with Crippen LogP contribution in [0.1, 0.15) is 48.5 Å². The molecule has 1 amide bonds. The lowest BCUT2D eigenvalue weighted by atomic mass is 9.90. The Hall–Kier alpha value is -0.590. The number of carbonyl (C=O) groups excluding carboxylic acids is 1. The van der Waals surface area contributed by atoms with E-state index < -0.39 is 15.8 Å². The number of nitrogens with one attached hydrogen (secondary N) is 1. The van der Waals surface area contributed by atoms with Crippen molar-refractivity contribution in [1.29, 1.82) is 0 Å². The molecule has 0 radical (unpaired) electrons. The van der Waals surface area contributed by atoms with Crippen molar-refractivity contribution in [3.05, 3.63) is 0 Å². The molecule has 0 aliphatic rings.